The summed E-state index contributed by atoms with van der Waals surface area (Å²) in [5.41, 5.74) is 7.65. The fourth-order valence-corrected chi connectivity index (χ4v) is 2.83. The molecule has 1 fully saturated rings. The molecule has 0 radical (unpaired) electrons. The van der Waals surface area contributed by atoms with Crippen LogP contribution in [0.15, 0.2) is 18.2 Å². The van der Waals surface area contributed by atoms with E-state index in [4.69, 9.17) is 15.2 Å². The summed E-state index contributed by atoms with van der Waals surface area (Å²) in [4.78, 5) is 0. The minimum atomic E-state index is -0.278. The molecule has 1 aliphatic rings. The Morgan fingerprint density at radius 1 is 1.32 bits per heavy atom. The lowest BCUT2D eigenvalue weighted by atomic mass is 9.97. The number of hydrogen-bond acceptors (Lipinski definition) is 3. The van der Waals surface area contributed by atoms with Crippen LogP contribution in [0.1, 0.15) is 45.2 Å². The zero-order chi connectivity index (χ0) is 14.3. The van der Waals surface area contributed by atoms with Gasteiger partial charge < -0.3 is 15.2 Å². The van der Waals surface area contributed by atoms with Crippen LogP contribution in [-0.4, -0.2) is 17.3 Å². The zero-order valence-corrected chi connectivity index (χ0v) is 12.6. The van der Waals surface area contributed by atoms with Gasteiger partial charge in [-0.25, -0.2) is 0 Å². The number of benzene rings is 1. The molecule has 0 saturated carbocycles. The second-order valence-electron chi connectivity index (χ2n) is 6.59. The van der Waals surface area contributed by atoms with Gasteiger partial charge >= 0.3 is 0 Å². The second-order valence-corrected chi connectivity index (χ2v) is 6.59. The Morgan fingerprint density at radius 2 is 2.00 bits per heavy atom. The van der Waals surface area contributed by atoms with E-state index >= 15 is 0 Å². The van der Waals surface area contributed by atoms with Gasteiger partial charge in [0, 0.05) is 18.5 Å². The first-order valence-corrected chi connectivity index (χ1v) is 6.90. The average Bonchev–Trinajstić information content (AvgIpc) is 2.49. The molecule has 0 amide bonds. The van der Waals surface area contributed by atoms with E-state index < -0.39 is 0 Å². The summed E-state index contributed by atoms with van der Waals surface area (Å²) < 4.78 is 12.3. The molecule has 0 aliphatic carbocycles. The summed E-state index contributed by atoms with van der Waals surface area (Å²) in [5, 5.41) is 0. The molecular weight excluding hydrogens is 238 g/mol. The summed E-state index contributed by atoms with van der Waals surface area (Å²) in [6.07, 6.45) is 0.938. The van der Waals surface area contributed by atoms with Crippen molar-refractivity contribution in [2.75, 3.05) is 0 Å². The fourth-order valence-electron chi connectivity index (χ4n) is 2.83. The summed E-state index contributed by atoms with van der Waals surface area (Å²) in [6, 6.07) is 6.16. The first-order chi connectivity index (χ1) is 8.73. The first-order valence-electron chi connectivity index (χ1n) is 6.90. The largest absolute Gasteiger partial charge is 0.487 e. The zero-order valence-electron chi connectivity index (χ0n) is 12.6. The van der Waals surface area contributed by atoms with E-state index in [1.165, 1.54) is 5.56 Å². The topological polar surface area (TPSA) is 44.5 Å². The molecular formula is C16H25NO2. The third kappa shape index (κ3) is 3.10. The Bertz CT molecular complexity index is 466. The monoisotopic (exact) mass is 263 g/mol. The van der Waals surface area contributed by atoms with E-state index in [1.807, 2.05) is 6.07 Å². The van der Waals surface area contributed by atoms with Gasteiger partial charge in [0.15, 0.2) is 0 Å². The van der Waals surface area contributed by atoms with Crippen LogP contribution < -0.4 is 10.5 Å². The second kappa shape index (κ2) is 4.80. The smallest absolute Gasteiger partial charge is 0.130 e. The maximum absolute atomic E-state index is 6.20. The van der Waals surface area contributed by atoms with E-state index in [2.05, 4.69) is 46.8 Å². The Hall–Kier alpha value is -1.06. The van der Waals surface area contributed by atoms with Gasteiger partial charge in [-0.05, 0) is 40.7 Å². The lowest BCUT2D eigenvalue weighted by molar-refractivity contribution is -0.0846. The van der Waals surface area contributed by atoms with Gasteiger partial charge in [-0.1, -0.05) is 17.7 Å². The van der Waals surface area contributed by atoms with Crippen molar-refractivity contribution >= 4 is 0 Å². The number of ether oxygens (including phenoxy) is 2. The van der Waals surface area contributed by atoms with Crippen molar-refractivity contribution in [2.45, 2.75) is 64.9 Å². The minimum Gasteiger partial charge on any atom is -0.487 e. The van der Waals surface area contributed by atoms with Crippen LogP contribution in [-0.2, 0) is 11.3 Å². The minimum absolute atomic E-state index is 0.0514. The van der Waals surface area contributed by atoms with E-state index in [0.29, 0.717) is 6.54 Å². The third-order valence-corrected chi connectivity index (χ3v) is 3.70. The van der Waals surface area contributed by atoms with Crippen LogP contribution in [0.5, 0.6) is 5.75 Å². The summed E-state index contributed by atoms with van der Waals surface area (Å²) >= 11 is 0. The first kappa shape index (κ1) is 14.4. The number of rotatable bonds is 3. The lowest BCUT2D eigenvalue weighted by Gasteiger charge is -2.28. The number of nitrogens with two attached hydrogens (primary N) is 1. The van der Waals surface area contributed by atoms with Crippen molar-refractivity contribution in [3.05, 3.63) is 29.3 Å². The molecule has 1 atom stereocenters. The standard InChI is InChI=1S/C16H25NO2/c1-11-6-7-13(12(8-11)10-17)18-14-9-15(2,3)19-16(14,4)5/h6-8,14H,9-10,17H2,1-5H3. The molecule has 0 bridgehead atoms. The highest BCUT2D eigenvalue weighted by molar-refractivity contribution is 5.37. The number of hydrogen-bond donors (Lipinski definition) is 1. The van der Waals surface area contributed by atoms with Gasteiger partial charge in [0.05, 0.1) is 5.60 Å². The van der Waals surface area contributed by atoms with Crippen molar-refractivity contribution in [1.82, 2.24) is 0 Å². The molecule has 1 unspecified atom stereocenters. The maximum atomic E-state index is 6.20. The highest BCUT2D eigenvalue weighted by atomic mass is 16.6. The maximum Gasteiger partial charge on any atom is 0.130 e. The molecule has 1 heterocycles. The Morgan fingerprint density at radius 3 is 2.53 bits per heavy atom. The SMILES string of the molecule is Cc1ccc(OC2CC(C)(C)OC2(C)C)c(CN)c1. The predicted octanol–water partition coefficient (Wildman–Crippen LogP) is 3.18. The van der Waals surface area contributed by atoms with Gasteiger partial charge in [-0.3, -0.25) is 0 Å². The van der Waals surface area contributed by atoms with Crippen LogP contribution in [0.2, 0.25) is 0 Å². The van der Waals surface area contributed by atoms with Gasteiger partial charge in [-0.15, -0.1) is 0 Å². The van der Waals surface area contributed by atoms with Crippen molar-refractivity contribution < 1.29 is 9.47 Å². The molecule has 3 nitrogen and oxygen atoms in total. The van der Waals surface area contributed by atoms with Crippen LogP contribution >= 0.6 is 0 Å². The Labute approximate surface area is 116 Å². The summed E-state index contributed by atoms with van der Waals surface area (Å²) in [5.74, 6) is 0.882. The van der Waals surface area contributed by atoms with Crippen molar-refractivity contribution in [3.63, 3.8) is 0 Å². The van der Waals surface area contributed by atoms with Crippen LogP contribution in [0.3, 0.4) is 0 Å². The van der Waals surface area contributed by atoms with Crippen molar-refractivity contribution in [1.29, 1.82) is 0 Å². The molecule has 2 rings (SSSR count). The average molecular weight is 263 g/mol. The third-order valence-electron chi connectivity index (χ3n) is 3.70. The van der Waals surface area contributed by atoms with E-state index in [0.717, 1.165) is 17.7 Å². The van der Waals surface area contributed by atoms with Crippen molar-refractivity contribution in [2.24, 2.45) is 5.73 Å². The summed E-state index contributed by atoms with van der Waals surface area (Å²) in [6.45, 7) is 10.9. The van der Waals surface area contributed by atoms with E-state index in [-0.39, 0.29) is 17.3 Å². The molecule has 106 valence electrons. The Balaban J connectivity index is 2.22. The molecule has 1 aliphatic heterocycles. The molecule has 2 N–H and O–H groups in total. The molecule has 3 heteroatoms. The van der Waals surface area contributed by atoms with Crippen molar-refractivity contribution in [3.8, 4) is 5.75 Å². The van der Waals surface area contributed by atoms with Gasteiger partial charge in [-0.2, -0.15) is 0 Å². The Kier molecular flexibility index (Phi) is 3.63. The molecule has 19 heavy (non-hydrogen) atoms. The molecule has 1 aromatic rings. The number of aryl methyl sites for hydroxylation is 1. The quantitative estimate of drug-likeness (QED) is 0.911. The molecule has 0 spiro atoms. The van der Waals surface area contributed by atoms with Gasteiger partial charge in [0.1, 0.15) is 17.5 Å². The molecule has 1 saturated heterocycles. The van der Waals surface area contributed by atoms with E-state index in [1.54, 1.807) is 0 Å². The fraction of sp³-hybridized carbons (Fsp3) is 0.625. The summed E-state index contributed by atoms with van der Waals surface area (Å²) in [7, 11) is 0. The molecule has 0 aromatic heterocycles. The predicted molar refractivity (Wildman–Crippen MR) is 77.3 cm³/mol. The van der Waals surface area contributed by atoms with E-state index in [9.17, 15) is 0 Å². The van der Waals surface area contributed by atoms with Gasteiger partial charge in [0.25, 0.3) is 0 Å². The lowest BCUT2D eigenvalue weighted by Crippen LogP contribution is -2.37. The highest BCUT2D eigenvalue weighted by Gasteiger charge is 2.47. The normalized spacial score (nSPS) is 24.4. The van der Waals surface area contributed by atoms with Crippen LogP contribution in [0, 0.1) is 6.92 Å². The highest BCUT2D eigenvalue weighted by Crippen LogP contribution is 2.40. The van der Waals surface area contributed by atoms with Crippen LogP contribution in [0.25, 0.3) is 0 Å². The van der Waals surface area contributed by atoms with Gasteiger partial charge in [0.2, 0.25) is 0 Å². The van der Waals surface area contributed by atoms with Crippen LogP contribution in [0.4, 0.5) is 0 Å². The molecule has 1 aromatic carbocycles.